The van der Waals surface area contributed by atoms with Crippen LogP contribution < -0.4 is 16.9 Å². The quantitative estimate of drug-likeness (QED) is 0.826. The van der Waals surface area contributed by atoms with Gasteiger partial charge in [0, 0.05) is 30.6 Å². The molecule has 0 saturated carbocycles. The van der Waals surface area contributed by atoms with E-state index in [1.165, 1.54) is 21.4 Å². The normalized spacial score (nSPS) is 10.5. The standard InChI is InChI=1S/C12H14N4O2/c1-9-2-4-12(18)16(14-9)7-6-15-8-10(13)3-5-11(15)17/h2-5,8H,6-7,13H2,1H3. The van der Waals surface area contributed by atoms with Crippen molar-refractivity contribution in [2.45, 2.75) is 20.0 Å². The lowest BCUT2D eigenvalue weighted by molar-refractivity contribution is 0.499. The van der Waals surface area contributed by atoms with Gasteiger partial charge < -0.3 is 10.3 Å². The number of nitrogens with zero attached hydrogens (tertiary/aromatic N) is 3. The zero-order chi connectivity index (χ0) is 13.1. The van der Waals surface area contributed by atoms with E-state index in [0.29, 0.717) is 18.8 Å². The Bertz CT molecular complexity index is 613. The van der Waals surface area contributed by atoms with Gasteiger partial charge >= 0.3 is 0 Å². The summed E-state index contributed by atoms with van der Waals surface area (Å²) in [6.07, 6.45) is 1.56. The fourth-order valence-electron chi connectivity index (χ4n) is 1.64. The van der Waals surface area contributed by atoms with Crippen LogP contribution in [-0.2, 0) is 13.1 Å². The summed E-state index contributed by atoms with van der Waals surface area (Å²) >= 11 is 0. The monoisotopic (exact) mass is 246 g/mol. The highest BCUT2D eigenvalue weighted by atomic mass is 16.1. The van der Waals surface area contributed by atoms with Gasteiger partial charge in [0.05, 0.1) is 12.2 Å². The lowest BCUT2D eigenvalue weighted by Gasteiger charge is -2.08. The van der Waals surface area contributed by atoms with E-state index in [2.05, 4.69) is 5.10 Å². The molecule has 0 aliphatic heterocycles. The van der Waals surface area contributed by atoms with E-state index in [4.69, 9.17) is 5.73 Å². The fourth-order valence-corrected chi connectivity index (χ4v) is 1.64. The number of pyridine rings is 1. The fraction of sp³-hybridized carbons (Fsp3) is 0.250. The number of rotatable bonds is 3. The first-order chi connectivity index (χ1) is 8.56. The largest absolute Gasteiger partial charge is 0.398 e. The van der Waals surface area contributed by atoms with E-state index >= 15 is 0 Å². The minimum absolute atomic E-state index is 0.148. The molecule has 0 aliphatic rings. The first kappa shape index (κ1) is 12.1. The van der Waals surface area contributed by atoms with E-state index in [1.54, 1.807) is 18.3 Å². The van der Waals surface area contributed by atoms with Crippen molar-refractivity contribution in [2.75, 3.05) is 5.73 Å². The molecule has 2 heterocycles. The SMILES string of the molecule is Cc1ccc(=O)n(CCn2cc(N)ccc2=O)n1. The third-order valence-electron chi connectivity index (χ3n) is 2.56. The Hall–Kier alpha value is -2.37. The first-order valence-corrected chi connectivity index (χ1v) is 5.57. The predicted octanol–water partition coefficient (Wildman–Crippen LogP) is -0.00418. The van der Waals surface area contributed by atoms with E-state index in [-0.39, 0.29) is 11.1 Å². The van der Waals surface area contributed by atoms with Gasteiger partial charge in [-0.05, 0) is 19.1 Å². The van der Waals surface area contributed by atoms with Crippen molar-refractivity contribution in [3.05, 3.63) is 56.9 Å². The molecule has 0 spiro atoms. The second-order valence-corrected chi connectivity index (χ2v) is 4.03. The van der Waals surface area contributed by atoms with E-state index in [9.17, 15) is 9.59 Å². The number of nitrogens with two attached hydrogens (primary N) is 1. The number of nitrogen functional groups attached to an aromatic ring is 1. The summed E-state index contributed by atoms with van der Waals surface area (Å²) in [6, 6.07) is 6.08. The molecule has 0 fully saturated rings. The van der Waals surface area contributed by atoms with Gasteiger partial charge in [-0.2, -0.15) is 5.10 Å². The number of anilines is 1. The van der Waals surface area contributed by atoms with Crippen LogP contribution in [0.1, 0.15) is 5.69 Å². The topological polar surface area (TPSA) is 82.9 Å². The van der Waals surface area contributed by atoms with Crippen LogP contribution in [0.15, 0.2) is 40.1 Å². The number of aromatic nitrogens is 3. The Morgan fingerprint density at radius 2 is 1.83 bits per heavy atom. The van der Waals surface area contributed by atoms with Crippen molar-refractivity contribution in [3.8, 4) is 0 Å². The predicted molar refractivity (Wildman–Crippen MR) is 68.3 cm³/mol. The van der Waals surface area contributed by atoms with E-state index in [0.717, 1.165) is 5.69 Å². The Kier molecular flexibility index (Phi) is 3.27. The van der Waals surface area contributed by atoms with Crippen LogP contribution in [0, 0.1) is 6.92 Å². The van der Waals surface area contributed by atoms with Crippen LogP contribution >= 0.6 is 0 Å². The van der Waals surface area contributed by atoms with Crippen LogP contribution in [0.25, 0.3) is 0 Å². The minimum Gasteiger partial charge on any atom is -0.398 e. The van der Waals surface area contributed by atoms with Crippen LogP contribution in [-0.4, -0.2) is 14.3 Å². The van der Waals surface area contributed by atoms with E-state index in [1.807, 2.05) is 6.92 Å². The maximum absolute atomic E-state index is 11.5. The van der Waals surface area contributed by atoms with Gasteiger partial charge in [0.15, 0.2) is 0 Å². The van der Waals surface area contributed by atoms with Gasteiger partial charge in [-0.15, -0.1) is 0 Å². The van der Waals surface area contributed by atoms with Crippen molar-refractivity contribution in [3.63, 3.8) is 0 Å². The van der Waals surface area contributed by atoms with Crippen LogP contribution in [0.2, 0.25) is 0 Å². The molecule has 18 heavy (non-hydrogen) atoms. The summed E-state index contributed by atoms with van der Waals surface area (Å²) in [6.45, 7) is 2.51. The molecule has 2 rings (SSSR count). The summed E-state index contributed by atoms with van der Waals surface area (Å²) in [4.78, 5) is 23.1. The van der Waals surface area contributed by atoms with Gasteiger partial charge in [-0.1, -0.05) is 0 Å². The Labute approximate surface area is 103 Å². The molecule has 2 N–H and O–H groups in total. The molecule has 6 nitrogen and oxygen atoms in total. The molecule has 0 unspecified atom stereocenters. The van der Waals surface area contributed by atoms with E-state index < -0.39 is 0 Å². The summed E-state index contributed by atoms with van der Waals surface area (Å²) in [5.74, 6) is 0. The van der Waals surface area contributed by atoms with Crippen molar-refractivity contribution < 1.29 is 0 Å². The Morgan fingerprint density at radius 1 is 1.11 bits per heavy atom. The van der Waals surface area contributed by atoms with Gasteiger partial charge in [-0.3, -0.25) is 9.59 Å². The van der Waals surface area contributed by atoms with Crippen LogP contribution in [0.5, 0.6) is 0 Å². The average Bonchev–Trinajstić information content (AvgIpc) is 2.34. The molecule has 2 aromatic heterocycles. The molecule has 0 radical (unpaired) electrons. The smallest absolute Gasteiger partial charge is 0.266 e. The summed E-state index contributed by atoms with van der Waals surface area (Å²) in [7, 11) is 0. The highest BCUT2D eigenvalue weighted by Gasteiger charge is 2.00. The highest BCUT2D eigenvalue weighted by Crippen LogP contribution is 1.96. The summed E-state index contributed by atoms with van der Waals surface area (Å²) in [5, 5.41) is 4.10. The molecule has 94 valence electrons. The molecule has 0 bridgehead atoms. The zero-order valence-corrected chi connectivity index (χ0v) is 10.0. The van der Waals surface area contributed by atoms with Gasteiger partial charge in [0.25, 0.3) is 11.1 Å². The zero-order valence-electron chi connectivity index (χ0n) is 10.0. The third kappa shape index (κ3) is 2.65. The van der Waals surface area contributed by atoms with Crippen molar-refractivity contribution in [2.24, 2.45) is 0 Å². The van der Waals surface area contributed by atoms with Crippen LogP contribution in [0.3, 0.4) is 0 Å². The lowest BCUT2D eigenvalue weighted by Crippen LogP contribution is -2.28. The maximum Gasteiger partial charge on any atom is 0.266 e. The van der Waals surface area contributed by atoms with Gasteiger partial charge in [0.2, 0.25) is 0 Å². The van der Waals surface area contributed by atoms with Gasteiger partial charge in [-0.25, -0.2) is 4.68 Å². The second kappa shape index (κ2) is 4.87. The van der Waals surface area contributed by atoms with Crippen molar-refractivity contribution in [1.29, 1.82) is 0 Å². The number of hydrogen-bond donors (Lipinski definition) is 1. The minimum atomic E-state index is -0.183. The average molecular weight is 246 g/mol. The van der Waals surface area contributed by atoms with Crippen molar-refractivity contribution >= 4 is 5.69 Å². The highest BCUT2D eigenvalue weighted by molar-refractivity contribution is 5.33. The number of hydrogen-bond acceptors (Lipinski definition) is 4. The molecule has 2 aromatic rings. The maximum atomic E-state index is 11.5. The van der Waals surface area contributed by atoms with Crippen LogP contribution in [0.4, 0.5) is 5.69 Å². The van der Waals surface area contributed by atoms with Crippen molar-refractivity contribution in [1.82, 2.24) is 14.3 Å². The third-order valence-corrected chi connectivity index (χ3v) is 2.56. The summed E-state index contributed by atoms with van der Waals surface area (Å²) in [5.41, 5.74) is 6.55. The molecule has 0 atom stereocenters. The summed E-state index contributed by atoms with van der Waals surface area (Å²) < 4.78 is 2.80. The molecule has 0 aromatic carbocycles. The molecule has 6 heteroatoms. The lowest BCUT2D eigenvalue weighted by atomic mass is 10.4. The Balaban J connectivity index is 2.21. The molecule has 0 aliphatic carbocycles. The molecule has 0 amide bonds. The molecular weight excluding hydrogens is 232 g/mol. The second-order valence-electron chi connectivity index (χ2n) is 4.03. The Morgan fingerprint density at radius 3 is 2.61 bits per heavy atom. The first-order valence-electron chi connectivity index (χ1n) is 5.57. The van der Waals surface area contributed by atoms with Gasteiger partial charge in [0.1, 0.15) is 0 Å². The number of aryl methyl sites for hydroxylation is 3. The molecular formula is C12H14N4O2. The molecule has 0 saturated heterocycles.